The van der Waals surface area contributed by atoms with Crippen molar-refractivity contribution in [3.05, 3.63) is 77.6 Å². The van der Waals surface area contributed by atoms with E-state index in [1.807, 2.05) is 31.2 Å². The second-order valence-electron chi connectivity index (χ2n) is 8.61. The number of para-hydroxylation sites is 2. The number of carboxylic acids is 1. The molecule has 1 saturated heterocycles. The largest absolute Gasteiger partial charge is 0.490 e. The maximum atomic E-state index is 12.7. The highest BCUT2D eigenvalue weighted by Gasteiger charge is 2.24. The molecule has 3 aromatic rings. The van der Waals surface area contributed by atoms with Crippen LogP contribution in [0.2, 0.25) is 0 Å². The van der Waals surface area contributed by atoms with E-state index in [1.54, 1.807) is 25.1 Å². The first-order valence-corrected chi connectivity index (χ1v) is 12.0. The van der Waals surface area contributed by atoms with Crippen molar-refractivity contribution in [3.63, 3.8) is 0 Å². The predicted octanol–water partition coefficient (Wildman–Crippen LogP) is 4.11. The van der Waals surface area contributed by atoms with Crippen molar-refractivity contribution in [1.29, 1.82) is 0 Å². The lowest BCUT2D eigenvalue weighted by Crippen LogP contribution is -2.42. The van der Waals surface area contributed by atoms with Gasteiger partial charge in [0.2, 0.25) is 5.95 Å². The topological polar surface area (TPSA) is 114 Å². The van der Waals surface area contributed by atoms with Gasteiger partial charge in [-0.3, -0.25) is 4.79 Å². The minimum absolute atomic E-state index is 0.0330. The number of hydrogen-bond acceptors (Lipinski definition) is 7. The molecule has 1 fully saturated rings. The summed E-state index contributed by atoms with van der Waals surface area (Å²) in [5, 5.41) is 12.1. The number of nitrogens with one attached hydrogen (secondary N) is 1. The van der Waals surface area contributed by atoms with Crippen LogP contribution in [-0.4, -0.2) is 52.8 Å². The number of carboxylic acid groups (broad SMARTS) is 1. The smallest absolute Gasteiger partial charge is 0.335 e. The Labute approximate surface area is 210 Å². The minimum atomic E-state index is -1.01. The van der Waals surface area contributed by atoms with Gasteiger partial charge in [-0.05, 0) is 56.5 Å². The minimum Gasteiger partial charge on any atom is -0.490 e. The lowest BCUT2D eigenvalue weighted by atomic mass is 10.0. The quantitative estimate of drug-likeness (QED) is 0.461. The maximum absolute atomic E-state index is 12.7. The summed E-state index contributed by atoms with van der Waals surface area (Å²) in [6.45, 7) is 5.74. The fourth-order valence-corrected chi connectivity index (χ4v) is 4.12. The van der Waals surface area contributed by atoms with Crippen molar-refractivity contribution in [3.8, 4) is 11.5 Å². The Balaban J connectivity index is 1.37. The third-order valence-corrected chi connectivity index (χ3v) is 5.99. The second kappa shape index (κ2) is 11.5. The Bertz CT molecular complexity index is 1200. The SMILES string of the molecule is CCOc1ccccc1OC1CCCN(c2ncc(C(=O)N[C@H](C)c3cccc(C(=O)O)c3)cn2)C1. The van der Waals surface area contributed by atoms with E-state index in [4.69, 9.17) is 9.47 Å². The lowest BCUT2D eigenvalue weighted by Gasteiger charge is -2.33. The molecule has 4 rings (SSSR count). The van der Waals surface area contributed by atoms with Gasteiger partial charge in [0.15, 0.2) is 11.5 Å². The zero-order valence-electron chi connectivity index (χ0n) is 20.4. The molecule has 2 atom stereocenters. The number of amides is 1. The summed E-state index contributed by atoms with van der Waals surface area (Å²) >= 11 is 0. The molecule has 1 aromatic heterocycles. The Morgan fingerprint density at radius 1 is 1.11 bits per heavy atom. The lowest BCUT2D eigenvalue weighted by molar-refractivity contribution is 0.0696. The van der Waals surface area contributed by atoms with Crippen molar-refractivity contribution in [2.75, 3.05) is 24.6 Å². The molecule has 0 radical (unpaired) electrons. The summed E-state index contributed by atoms with van der Waals surface area (Å²) in [4.78, 5) is 34.8. The maximum Gasteiger partial charge on any atom is 0.335 e. The second-order valence-corrected chi connectivity index (χ2v) is 8.61. The van der Waals surface area contributed by atoms with Crippen LogP contribution in [0.4, 0.5) is 5.95 Å². The van der Waals surface area contributed by atoms with Gasteiger partial charge in [0.1, 0.15) is 6.10 Å². The Hall–Kier alpha value is -4.14. The van der Waals surface area contributed by atoms with Crippen LogP contribution in [0.1, 0.15) is 59.0 Å². The first kappa shape index (κ1) is 25.0. The molecule has 0 aliphatic carbocycles. The monoisotopic (exact) mass is 490 g/mol. The van der Waals surface area contributed by atoms with Gasteiger partial charge in [-0.15, -0.1) is 0 Å². The van der Waals surface area contributed by atoms with Crippen molar-refractivity contribution >= 4 is 17.8 Å². The van der Waals surface area contributed by atoms with Gasteiger partial charge in [-0.2, -0.15) is 0 Å². The molecule has 0 spiro atoms. The van der Waals surface area contributed by atoms with E-state index in [9.17, 15) is 14.7 Å². The average Bonchev–Trinajstić information content (AvgIpc) is 2.90. The van der Waals surface area contributed by atoms with E-state index in [0.29, 0.717) is 30.2 Å². The highest BCUT2D eigenvalue weighted by Crippen LogP contribution is 2.29. The van der Waals surface area contributed by atoms with E-state index in [0.717, 1.165) is 30.9 Å². The van der Waals surface area contributed by atoms with Crippen LogP contribution in [0.3, 0.4) is 0 Å². The van der Waals surface area contributed by atoms with Gasteiger partial charge in [-0.1, -0.05) is 24.3 Å². The van der Waals surface area contributed by atoms with Crippen molar-refractivity contribution in [1.82, 2.24) is 15.3 Å². The van der Waals surface area contributed by atoms with E-state index >= 15 is 0 Å². The molecule has 36 heavy (non-hydrogen) atoms. The van der Waals surface area contributed by atoms with E-state index in [1.165, 1.54) is 18.5 Å². The molecule has 2 heterocycles. The standard InChI is InChI=1S/C27H30N4O5/c1-3-35-23-11-4-5-12-24(23)36-22-10-7-13-31(17-22)27-28-15-21(16-29-27)25(32)30-18(2)19-8-6-9-20(14-19)26(33)34/h4-6,8-9,11-12,14-16,18,22H,3,7,10,13,17H2,1-2H3,(H,30,32)(H,33,34)/t18-,22?/m1/s1. The highest BCUT2D eigenvalue weighted by atomic mass is 16.5. The molecule has 1 amide bonds. The number of benzene rings is 2. The molecule has 188 valence electrons. The van der Waals surface area contributed by atoms with Gasteiger partial charge in [0, 0.05) is 18.9 Å². The first-order valence-electron chi connectivity index (χ1n) is 12.0. The molecule has 0 saturated carbocycles. The van der Waals surface area contributed by atoms with Crippen LogP contribution in [0.15, 0.2) is 60.9 Å². The zero-order chi connectivity index (χ0) is 25.5. The number of nitrogens with zero attached hydrogens (tertiary/aromatic N) is 3. The Morgan fingerprint density at radius 2 is 1.86 bits per heavy atom. The molecular formula is C27H30N4O5. The third kappa shape index (κ3) is 6.10. The third-order valence-electron chi connectivity index (χ3n) is 5.99. The predicted molar refractivity (Wildman–Crippen MR) is 135 cm³/mol. The molecule has 0 bridgehead atoms. The summed E-state index contributed by atoms with van der Waals surface area (Å²) in [5.74, 6) is 0.653. The van der Waals surface area contributed by atoms with E-state index in [2.05, 4.69) is 20.2 Å². The molecule has 9 heteroatoms. The molecule has 2 N–H and O–H groups in total. The number of hydrogen-bond donors (Lipinski definition) is 2. The molecule has 9 nitrogen and oxygen atoms in total. The number of aromatic nitrogens is 2. The number of carbonyl (C=O) groups excluding carboxylic acids is 1. The Morgan fingerprint density at radius 3 is 2.58 bits per heavy atom. The average molecular weight is 491 g/mol. The molecule has 1 aliphatic rings. The van der Waals surface area contributed by atoms with Crippen LogP contribution in [0.5, 0.6) is 11.5 Å². The summed E-state index contributed by atoms with van der Waals surface area (Å²) in [6.07, 6.45) is 4.83. The van der Waals surface area contributed by atoms with Gasteiger partial charge >= 0.3 is 5.97 Å². The molecule has 1 unspecified atom stereocenters. The number of piperidine rings is 1. The van der Waals surface area contributed by atoms with Crippen LogP contribution in [0.25, 0.3) is 0 Å². The van der Waals surface area contributed by atoms with E-state index in [-0.39, 0.29) is 23.6 Å². The normalized spacial score (nSPS) is 16.2. The van der Waals surface area contributed by atoms with Gasteiger partial charge in [-0.25, -0.2) is 14.8 Å². The van der Waals surface area contributed by atoms with Crippen LogP contribution in [-0.2, 0) is 0 Å². The fraction of sp³-hybridized carbons (Fsp3) is 0.333. The summed E-state index contributed by atoms with van der Waals surface area (Å²) < 4.78 is 11.9. The molecular weight excluding hydrogens is 460 g/mol. The number of carbonyl (C=O) groups is 2. The zero-order valence-corrected chi connectivity index (χ0v) is 20.4. The van der Waals surface area contributed by atoms with Gasteiger partial charge in [0.25, 0.3) is 5.91 Å². The summed E-state index contributed by atoms with van der Waals surface area (Å²) in [6, 6.07) is 13.8. The van der Waals surface area contributed by atoms with Crippen LogP contribution >= 0.6 is 0 Å². The first-order chi connectivity index (χ1) is 17.4. The van der Waals surface area contributed by atoms with Crippen molar-refractivity contribution < 1.29 is 24.2 Å². The molecule has 2 aromatic carbocycles. The van der Waals surface area contributed by atoms with Gasteiger partial charge < -0.3 is 24.8 Å². The fourth-order valence-electron chi connectivity index (χ4n) is 4.12. The van der Waals surface area contributed by atoms with Crippen LogP contribution in [0, 0.1) is 0 Å². The molecule has 1 aliphatic heterocycles. The summed E-state index contributed by atoms with van der Waals surface area (Å²) in [7, 11) is 0. The van der Waals surface area contributed by atoms with E-state index < -0.39 is 5.97 Å². The Kier molecular flexibility index (Phi) is 7.99. The highest BCUT2D eigenvalue weighted by molar-refractivity contribution is 5.94. The van der Waals surface area contributed by atoms with Crippen LogP contribution < -0.4 is 19.7 Å². The number of rotatable bonds is 9. The van der Waals surface area contributed by atoms with Gasteiger partial charge in [0.05, 0.1) is 30.3 Å². The number of anilines is 1. The van der Waals surface area contributed by atoms with Crippen molar-refractivity contribution in [2.45, 2.75) is 38.8 Å². The number of aromatic carboxylic acids is 1. The number of ether oxygens (including phenoxy) is 2. The van der Waals surface area contributed by atoms with Crippen molar-refractivity contribution in [2.24, 2.45) is 0 Å². The summed E-state index contributed by atoms with van der Waals surface area (Å²) in [5.41, 5.74) is 1.20.